The van der Waals surface area contributed by atoms with Crippen LogP contribution in [-0.2, 0) is 0 Å². The lowest BCUT2D eigenvalue weighted by atomic mass is 10.3. The average molecular weight is 211 g/mol. The van der Waals surface area contributed by atoms with Crippen LogP contribution in [0, 0.1) is 0 Å². The standard InChI is InChI=1S/C8H5NS3/c1-5-6(10-3-9-5)2-8-7(1)11-4-12-8/h1-3H,4H2. The maximum Gasteiger partial charge on any atom is 0.0823 e. The van der Waals surface area contributed by atoms with Crippen LogP contribution in [0.15, 0.2) is 27.4 Å². The number of hydrogen-bond acceptors (Lipinski definition) is 4. The van der Waals surface area contributed by atoms with Gasteiger partial charge in [0.05, 0.1) is 15.7 Å². The van der Waals surface area contributed by atoms with Crippen LogP contribution >= 0.6 is 34.9 Å². The van der Waals surface area contributed by atoms with E-state index in [4.69, 9.17) is 0 Å². The summed E-state index contributed by atoms with van der Waals surface area (Å²) in [6.07, 6.45) is 0. The van der Waals surface area contributed by atoms with Crippen LogP contribution in [0.4, 0.5) is 0 Å². The topological polar surface area (TPSA) is 12.9 Å². The molecule has 1 nitrogen and oxygen atoms in total. The van der Waals surface area contributed by atoms with Gasteiger partial charge in [-0.2, -0.15) is 0 Å². The molecular weight excluding hydrogens is 206 g/mol. The number of thiazole rings is 1. The molecule has 0 spiro atoms. The first-order valence-corrected chi connectivity index (χ1v) is 6.41. The molecule has 1 aromatic carbocycles. The molecule has 0 saturated carbocycles. The second-order valence-electron chi connectivity index (χ2n) is 2.53. The summed E-state index contributed by atoms with van der Waals surface area (Å²) in [6.45, 7) is 0. The molecule has 1 aliphatic rings. The SMILES string of the molecule is c1nc2cc3c(cc2s1)SCS3. The van der Waals surface area contributed by atoms with Crippen molar-refractivity contribution in [3.8, 4) is 0 Å². The van der Waals surface area contributed by atoms with Gasteiger partial charge in [0.1, 0.15) is 0 Å². The van der Waals surface area contributed by atoms with Gasteiger partial charge in [-0.1, -0.05) is 0 Å². The summed E-state index contributed by atoms with van der Waals surface area (Å²) < 4.78 is 1.31. The Morgan fingerprint density at radius 1 is 1.17 bits per heavy atom. The minimum absolute atomic E-state index is 1.15. The lowest BCUT2D eigenvalue weighted by molar-refractivity contribution is 1.29. The third kappa shape index (κ3) is 0.985. The molecule has 0 radical (unpaired) electrons. The van der Waals surface area contributed by atoms with Gasteiger partial charge in [-0.3, -0.25) is 0 Å². The highest BCUT2D eigenvalue weighted by Gasteiger charge is 2.13. The van der Waals surface area contributed by atoms with Crippen molar-refractivity contribution < 1.29 is 0 Å². The summed E-state index contributed by atoms with van der Waals surface area (Å²) in [5.41, 5.74) is 3.06. The van der Waals surface area contributed by atoms with Gasteiger partial charge < -0.3 is 0 Å². The van der Waals surface area contributed by atoms with Crippen molar-refractivity contribution in [2.45, 2.75) is 9.79 Å². The van der Waals surface area contributed by atoms with E-state index in [0.717, 1.165) is 10.6 Å². The number of aromatic nitrogens is 1. The van der Waals surface area contributed by atoms with Crippen LogP contribution in [0.25, 0.3) is 10.2 Å². The van der Waals surface area contributed by atoms with Crippen molar-refractivity contribution in [3.63, 3.8) is 0 Å². The molecule has 2 aromatic rings. The van der Waals surface area contributed by atoms with E-state index in [1.807, 2.05) is 29.0 Å². The fourth-order valence-electron chi connectivity index (χ4n) is 1.25. The maximum absolute atomic E-state index is 4.29. The molecule has 1 aliphatic heterocycles. The van der Waals surface area contributed by atoms with E-state index in [1.54, 1.807) is 11.3 Å². The molecule has 2 heterocycles. The number of benzene rings is 1. The van der Waals surface area contributed by atoms with Gasteiger partial charge in [0.15, 0.2) is 0 Å². The second-order valence-corrected chi connectivity index (χ2v) is 5.81. The van der Waals surface area contributed by atoms with E-state index in [0.29, 0.717) is 0 Å². The van der Waals surface area contributed by atoms with Crippen molar-refractivity contribution in [1.29, 1.82) is 0 Å². The molecule has 1 aromatic heterocycles. The minimum atomic E-state index is 1.15. The fourth-order valence-corrected chi connectivity index (χ4v) is 4.42. The Morgan fingerprint density at radius 3 is 2.92 bits per heavy atom. The van der Waals surface area contributed by atoms with E-state index in [-0.39, 0.29) is 0 Å². The number of rotatable bonds is 0. The molecule has 0 fully saturated rings. The van der Waals surface area contributed by atoms with Crippen LogP contribution < -0.4 is 0 Å². The first-order chi connectivity index (χ1) is 5.93. The molecule has 0 bridgehead atoms. The van der Waals surface area contributed by atoms with Crippen molar-refractivity contribution in [3.05, 3.63) is 17.6 Å². The van der Waals surface area contributed by atoms with Crippen molar-refractivity contribution in [1.82, 2.24) is 4.98 Å². The molecule has 0 aliphatic carbocycles. The van der Waals surface area contributed by atoms with Crippen molar-refractivity contribution in [2.24, 2.45) is 0 Å². The Morgan fingerprint density at radius 2 is 2.00 bits per heavy atom. The zero-order valence-corrected chi connectivity index (χ0v) is 8.56. The lowest BCUT2D eigenvalue weighted by Gasteiger charge is -1.94. The van der Waals surface area contributed by atoms with E-state index in [2.05, 4.69) is 17.1 Å². The molecule has 12 heavy (non-hydrogen) atoms. The van der Waals surface area contributed by atoms with Gasteiger partial charge in [0, 0.05) is 14.9 Å². The summed E-state index contributed by atoms with van der Waals surface area (Å²) in [4.78, 5) is 7.12. The predicted octanol–water partition coefficient (Wildman–Crippen LogP) is 3.45. The number of hydrogen-bond donors (Lipinski definition) is 0. The van der Waals surface area contributed by atoms with Gasteiger partial charge >= 0.3 is 0 Å². The zero-order valence-electron chi connectivity index (χ0n) is 6.11. The summed E-state index contributed by atoms with van der Waals surface area (Å²) in [6, 6.07) is 4.46. The van der Waals surface area contributed by atoms with Gasteiger partial charge in [-0.25, -0.2) is 4.98 Å². The van der Waals surface area contributed by atoms with Crippen LogP contribution in [0.2, 0.25) is 0 Å². The molecule has 0 atom stereocenters. The minimum Gasteiger partial charge on any atom is -0.245 e. The summed E-state index contributed by atoms with van der Waals surface area (Å²) in [7, 11) is 0. The number of thioether (sulfide) groups is 2. The van der Waals surface area contributed by atoms with E-state index in [9.17, 15) is 0 Å². The van der Waals surface area contributed by atoms with Crippen LogP contribution in [0.3, 0.4) is 0 Å². The van der Waals surface area contributed by atoms with Crippen LogP contribution in [0.1, 0.15) is 0 Å². The first-order valence-electron chi connectivity index (χ1n) is 3.56. The molecular formula is C8H5NS3. The largest absolute Gasteiger partial charge is 0.245 e. The third-order valence-electron chi connectivity index (χ3n) is 1.83. The smallest absolute Gasteiger partial charge is 0.0823 e. The molecule has 0 unspecified atom stereocenters. The van der Waals surface area contributed by atoms with Crippen molar-refractivity contribution in [2.75, 3.05) is 5.08 Å². The summed E-state index contributed by atoms with van der Waals surface area (Å²) in [5, 5.41) is 1.16. The summed E-state index contributed by atoms with van der Waals surface area (Å²) >= 11 is 5.56. The summed E-state index contributed by atoms with van der Waals surface area (Å²) in [5.74, 6) is 0. The first kappa shape index (κ1) is 7.24. The number of fused-ring (bicyclic) bond motifs is 2. The molecule has 4 heteroatoms. The highest BCUT2D eigenvalue weighted by atomic mass is 32.2. The van der Waals surface area contributed by atoms with Gasteiger partial charge in [-0.05, 0) is 12.1 Å². The highest BCUT2D eigenvalue weighted by Crippen LogP contribution is 2.43. The quantitative estimate of drug-likeness (QED) is 0.662. The Hall–Kier alpha value is -0.190. The van der Waals surface area contributed by atoms with Crippen LogP contribution in [0.5, 0.6) is 0 Å². The zero-order chi connectivity index (χ0) is 7.97. The monoisotopic (exact) mass is 211 g/mol. The van der Waals surface area contributed by atoms with Gasteiger partial charge in [0.2, 0.25) is 0 Å². The number of nitrogens with zero attached hydrogens (tertiary/aromatic N) is 1. The molecule has 60 valence electrons. The fraction of sp³-hybridized carbons (Fsp3) is 0.125. The average Bonchev–Trinajstić information content (AvgIpc) is 2.64. The molecule has 3 rings (SSSR count). The van der Waals surface area contributed by atoms with E-state index in [1.165, 1.54) is 14.5 Å². The second kappa shape index (κ2) is 2.65. The Kier molecular flexibility index (Phi) is 1.60. The third-order valence-corrected chi connectivity index (χ3v) is 4.99. The van der Waals surface area contributed by atoms with Gasteiger partial charge in [0.25, 0.3) is 0 Å². The molecule has 0 amide bonds. The van der Waals surface area contributed by atoms with Crippen molar-refractivity contribution >= 4 is 45.1 Å². The highest BCUT2D eigenvalue weighted by molar-refractivity contribution is 8.18. The predicted molar refractivity (Wildman–Crippen MR) is 56.2 cm³/mol. The Balaban J connectivity index is 2.38. The Bertz CT molecular complexity index is 397. The molecule has 0 N–H and O–H groups in total. The lowest BCUT2D eigenvalue weighted by Crippen LogP contribution is -1.71. The van der Waals surface area contributed by atoms with Crippen LogP contribution in [-0.4, -0.2) is 10.1 Å². The van der Waals surface area contributed by atoms with E-state index < -0.39 is 0 Å². The Labute approximate surface area is 82.6 Å². The normalized spacial score (nSPS) is 15.3. The van der Waals surface area contributed by atoms with Gasteiger partial charge in [-0.15, -0.1) is 34.9 Å². The maximum atomic E-state index is 4.29. The van der Waals surface area contributed by atoms with E-state index >= 15 is 0 Å². The molecule has 0 saturated heterocycles.